The van der Waals surface area contributed by atoms with E-state index in [2.05, 4.69) is 16.0 Å². The van der Waals surface area contributed by atoms with Crippen LogP contribution in [0.25, 0.3) is 0 Å². The van der Waals surface area contributed by atoms with Crippen LogP contribution in [0.1, 0.15) is 62.2 Å². The summed E-state index contributed by atoms with van der Waals surface area (Å²) in [5.41, 5.74) is 0.587. The molecule has 0 spiro atoms. The molecule has 1 aliphatic carbocycles. The number of urea groups is 1. The van der Waals surface area contributed by atoms with Gasteiger partial charge in [0, 0.05) is 30.0 Å². The van der Waals surface area contributed by atoms with Gasteiger partial charge in [-0.25, -0.2) is 4.79 Å². The lowest BCUT2D eigenvalue weighted by Crippen LogP contribution is -2.48. The fourth-order valence-electron chi connectivity index (χ4n) is 2.92. The van der Waals surface area contributed by atoms with Crippen LogP contribution in [0.3, 0.4) is 0 Å². The van der Waals surface area contributed by atoms with Gasteiger partial charge in [-0.2, -0.15) is 11.3 Å². The molecule has 1 fully saturated rings. The number of carbonyl (C=O) groups is 4. The molecule has 0 aromatic carbocycles. The van der Waals surface area contributed by atoms with Crippen LogP contribution < -0.4 is 16.0 Å². The molecule has 1 heterocycles. The van der Waals surface area contributed by atoms with Crippen molar-refractivity contribution in [3.63, 3.8) is 0 Å². The highest BCUT2D eigenvalue weighted by Gasteiger charge is 2.22. The first-order chi connectivity index (χ1) is 13.5. The average Bonchev–Trinajstić information content (AvgIpc) is 3.20. The molecule has 1 aromatic heterocycles. The highest BCUT2D eigenvalue weighted by atomic mass is 32.1. The molecule has 3 N–H and O–H groups in total. The van der Waals surface area contributed by atoms with Crippen LogP contribution in [-0.4, -0.2) is 42.5 Å². The van der Waals surface area contributed by atoms with Gasteiger partial charge in [0.2, 0.25) is 0 Å². The number of rotatable bonds is 8. The number of hydrogen-bond donors (Lipinski definition) is 3. The lowest BCUT2D eigenvalue weighted by molar-refractivity contribution is -0.154. The summed E-state index contributed by atoms with van der Waals surface area (Å²) in [4.78, 5) is 47.4. The first-order valence-corrected chi connectivity index (χ1v) is 10.5. The van der Waals surface area contributed by atoms with Crippen molar-refractivity contribution in [3.8, 4) is 0 Å². The largest absolute Gasteiger partial charge is 0.453 e. The predicted octanol–water partition coefficient (Wildman–Crippen LogP) is 2.35. The lowest BCUT2D eigenvalue weighted by atomic mass is 9.96. The molecule has 28 heavy (non-hydrogen) atoms. The summed E-state index contributed by atoms with van der Waals surface area (Å²) in [6.07, 6.45) is 4.53. The summed E-state index contributed by atoms with van der Waals surface area (Å²) in [5.74, 6) is -1.40. The molecule has 1 saturated carbocycles. The summed E-state index contributed by atoms with van der Waals surface area (Å²) in [7, 11) is 0. The maximum atomic E-state index is 12.0. The van der Waals surface area contributed by atoms with Gasteiger partial charge in [0.05, 0.1) is 0 Å². The molecule has 4 amide bonds. The Bertz CT molecular complexity index is 671. The Morgan fingerprint density at radius 3 is 2.64 bits per heavy atom. The van der Waals surface area contributed by atoms with Crippen LogP contribution in [0.2, 0.25) is 0 Å². The summed E-state index contributed by atoms with van der Waals surface area (Å²) in [6.45, 7) is 1.74. The fourth-order valence-corrected chi connectivity index (χ4v) is 3.56. The maximum absolute atomic E-state index is 12.0. The zero-order valence-electron chi connectivity index (χ0n) is 16.0. The highest BCUT2D eigenvalue weighted by Crippen LogP contribution is 2.17. The van der Waals surface area contributed by atoms with Gasteiger partial charge < -0.3 is 15.4 Å². The van der Waals surface area contributed by atoms with Gasteiger partial charge in [-0.15, -0.1) is 0 Å². The van der Waals surface area contributed by atoms with E-state index >= 15 is 0 Å². The van der Waals surface area contributed by atoms with Gasteiger partial charge >= 0.3 is 12.0 Å². The minimum absolute atomic E-state index is 0.0653. The normalized spacial score (nSPS) is 15.3. The number of hydrogen-bond acceptors (Lipinski definition) is 6. The van der Waals surface area contributed by atoms with Crippen molar-refractivity contribution in [2.75, 3.05) is 6.54 Å². The van der Waals surface area contributed by atoms with Crippen molar-refractivity contribution >= 4 is 35.2 Å². The molecule has 0 saturated heterocycles. The smallest absolute Gasteiger partial charge is 0.321 e. The van der Waals surface area contributed by atoms with Crippen LogP contribution in [0.5, 0.6) is 0 Å². The monoisotopic (exact) mass is 409 g/mol. The minimum atomic E-state index is -1.06. The second-order valence-electron chi connectivity index (χ2n) is 6.80. The van der Waals surface area contributed by atoms with Crippen molar-refractivity contribution < 1.29 is 23.9 Å². The van der Waals surface area contributed by atoms with Crippen LogP contribution in [0.15, 0.2) is 16.8 Å². The van der Waals surface area contributed by atoms with Crippen LogP contribution in [0, 0.1) is 0 Å². The first kappa shape index (κ1) is 21.9. The lowest BCUT2D eigenvalue weighted by Gasteiger charge is -2.23. The first-order valence-electron chi connectivity index (χ1n) is 9.57. The molecule has 2 rings (SSSR count). The van der Waals surface area contributed by atoms with Gasteiger partial charge in [0.15, 0.2) is 6.10 Å². The Balaban J connectivity index is 1.59. The molecule has 0 bridgehead atoms. The SMILES string of the molecule is CC(OC(=O)CCCNC(=O)c1ccsc1)C(=O)NC(=O)NC1CCCCC1. The summed E-state index contributed by atoms with van der Waals surface area (Å²) in [5, 5.41) is 11.2. The van der Waals surface area contributed by atoms with E-state index < -0.39 is 24.0 Å². The van der Waals surface area contributed by atoms with Crippen LogP contribution in [0.4, 0.5) is 4.79 Å². The van der Waals surface area contributed by atoms with E-state index in [1.807, 2.05) is 5.38 Å². The molecule has 9 heteroatoms. The van der Waals surface area contributed by atoms with Crippen molar-refractivity contribution in [1.82, 2.24) is 16.0 Å². The fraction of sp³-hybridized carbons (Fsp3) is 0.579. The number of amides is 4. The number of ether oxygens (including phenoxy) is 1. The van der Waals surface area contributed by atoms with E-state index in [0.717, 1.165) is 25.7 Å². The van der Waals surface area contributed by atoms with E-state index in [1.54, 1.807) is 11.4 Å². The van der Waals surface area contributed by atoms with E-state index in [-0.39, 0.29) is 18.4 Å². The summed E-state index contributed by atoms with van der Waals surface area (Å²) >= 11 is 1.43. The topological polar surface area (TPSA) is 114 Å². The van der Waals surface area contributed by atoms with Crippen molar-refractivity contribution in [2.45, 2.75) is 64.0 Å². The van der Waals surface area contributed by atoms with Crippen molar-refractivity contribution in [3.05, 3.63) is 22.4 Å². The van der Waals surface area contributed by atoms with Gasteiger partial charge in [-0.3, -0.25) is 19.7 Å². The Morgan fingerprint density at radius 1 is 1.21 bits per heavy atom. The predicted molar refractivity (Wildman–Crippen MR) is 105 cm³/mol. The third kappa shape index (κ3) is 7.67. The van der Waals surface area contributed by atoms with Crippen molar-refractivity contribution in [2.24, 2.45) is 0 Å². The zero-order chi connectivity index (χ0) is 20.4. The minimum Gasteiger partial charge on any atom is -0.453 e. The molecule has 0 aliphatic heterocycles. The zero-order valence-corrected chi connectivity index (χ0v) is 16.8. The third-order valence-electron chi connectivity index (χ3n) is 4.48. The molecular weight excluding hydrogens is 382 g/mol. The summed E-state index contributed by atoms with van der Waals surface area (Å²) < 4.78 is 5.04. The average molecular weight is 410 g/mol. The number of carbonyl (C=O) groups excluding carboxylic acids is 4. The Hall–Kier alpha value is -2.42. The van der Waals surface area contributed by atoms with E-state index in [1.165, 1.54) is 24.7 Å². The van der Waals surface area contributed by atoms with Crippen LogP contribution >= 0.6 is 11.3 Å². The van der Waals surface area contributed by atoms with Gasteiger partial charge in [0.25, 0.3) is 11.8 Å². The molecule has 1 atom stereocenters. The Kier molecular flexibility index (Phi) is 8.93. The second kappa shape index (κ2) is 11.4. The molecule has 1 aromatic rings. The van der Waals surface area contributed by atoms with Gasteiger partial charge in [-0.05, 0) is 37.6 Å². The molecule has 154 valence electrons. The van der Waals surface area contributed by atoms with Crippen LogP contribution in [-0.2, 0) is 14.3 Å². The molecule has 8 nitrogen and oxygen atoms in total. The number of thiophene rings is 1. The molecule has 1 unspecified atom stereocenters. The third-order valence-corrected chi connectivity index (χ3v) is 5.16. The number of imide groups is 1. The highest BCUT2D eigenvalue weighted by molar-refractivity contribution is 7.08. The van der Waals surface area contributed by atoms with Gasteiger partial charge in [0.1, 0.15) is 0 Å². The molecule has 0 radical (unpaired) electrons. The number of nitrogens with one attached hydrogen (secondary N) is 3. The Labute approximate surface area is 168 Å². The second-order valence-corrected chi connectivity index (χ2v) is 7.58. The van der Waals surface area contributed by atoms with Gasteiger partial charge in [-0.1, -0.05) is 19.3 Å². The molecule has 1 aliphatic rings. The maximum Gasteiger partial charge on any atom is 0.321 e. The summed E-state index contributed by atoms with van der Waals surface area (Å²) in [6, 6.07) is 1.25. The number of esters is 1. The Morgan fingerprint density at radius 2 is 1.96 bits per heavy atom. The van der Waals surface area contributed by atoms with E-state index in [4.69, 9.17) is 4.74 Å². The van der Waals surface area contributed by atoms with E-state index in [0.29, 0.717) is 18.5 Å². The quantitative estimate of drug-likeness (QED) is 0.450. The molecular formula is C19H27N3O5S. The standard InChI is InChI=1S/C19H27N3O5S/c1-13(17(24)22-19(26)21-15-6-3-2-4-7-15)27-16(23)8-5-10-20-18(25)14-9-11-28-12-14/h9,11-13,15H,2-8,10H2,1H3,(H,20,25)(H2,21,22,24,26). The van der Waals surface area contributed by atoms with E-state index in [9.17, 15) is 19.2 Å². The van der Waals surface area contributed by atoms with Crippen molar-refractivity contribution in [1.29, 1.82) is 0 Å².